The summed E-state index contributed by atoms with van der Waals surface area (Å²) in [5.74, 6) is 0.469. The molecule has 21 heavy (non-hydrogen) atoms. The Morgan fingerprint density at radius 3 is 2.95 bits per heavy atom. The molecule has 116 valence electrons. The van der Waals surface area contributed by atoms with Gasteiger partial charge in [0.2, 0.25) is 0 Å². The van der Waals surface area contributed by atoms with E-state index in [2.05, 4.69) is 15.2 Å². The van der Waals surface area contributed by atoms with Crippen LogP contribution in [0.1, 0.15) is 33.1 Å². The minimum atomic E-state index is -0.963. The van der Waals surface area contributed by atoms with E-state index in [1.54, 1.807) is 12.3 Å². The third-order valence-electron chi connectivity index (χ3n) is 3.84. The Balaban J connectivity index is 1.97. The predicted molar refractivity (Wildman–Crippen MR) is 84.0 cm³/mol. The topological polar surface area (TPSA) is 65.5 Å². The third kappa shape index (κ3) is 4.77. The summed E-state index contributed by atoms with van der Waals surface area (Å²) < 4.78 is 0. The Kier molecular flexibility index (Phi) is 4.93. The van der Waals surface area contributed by atoms with Gasteiger partial charge in [-0.3, -0.25) is 0 Å². The van der Waals surface area contributed by atoms with Crippen LogP contribution in [0.4, 0.5) is 10.5 Å². The van der Waals surface area contributed by atoms with Crippen molar-refractivity contribution >= 4 is 23.4 Å². The summed E-state index contributed by atoms with van der Waals surface area (Å²) in [6, 6.07) is 3.79. The highest BCUT2D eigenvalue weighted by Crippen LogP contribution is 2.28. The number of nitrogens with one attached hydrogen (secondary N) is 1. The van der Waals surface area contributed by atoms with Crippen LogP contribution in [-0.4, -0.2) is 34.8 Å². The van der Waals surface area contributed by atoms with Gasteiger partial charge in [-0.05, 0) is 51.2 Å². The number of hydrogen-bond acceptors (Lipinski definition) is 3. The van der Waals surface area contributed by atoms with E-state index in [1.165, 1.54) is 0 Å². The molecule has 5 nitrogen and oxygen atoms in total. The summed E-state index contributed by atoms with van der Waals surface area (Å²) in [4.78, 5) is 17.3. The molecule has 0 radical (unpaired) electrons. The fourth-order valence-electron chi connectivity index (χ4n) is 3.08. The molecule has 2 heterocycles. The van der Waals surface area contributed by atoms with Crippen molar-refractivity contribution in [3.8, 4) is 0 Å². The average molecular weight is 312 g/mol. The van der Waals surface area contributed by atoms with Crippen LogP contribution in [0.15, 0.2) is 18.3 Å². The zero-order chi connectivity index (χ0) is 15.5. The van der Waals surface area contributed by atoms with Crippen LogP contribution in [-0.2, 0) is 0 Å². The Hall–Kier alpha value is -1.49. The molecular weight excluding hydrogens is 290 g/mol. The SMILES string of the molecule is CC(C)(C[C@@H]1CCCN(c2ccc(Cl)nc2)C1)NC(=O)O. The van der Waals surface area contributed by atoms with Crippen molar-refractivity contribution in [2.24, 2.45) is 5.92 Å². The summed E-state index contributed by atoms with van der Waals surface area (Å²) in [6.07, 6.45) is 3.90. The normalized spacial score (nSPS) is 19.4. The quantitative estimate of drug-likeness (QED) is 0.837. The molecular formula is C15H22ClN3O2. The molecule has 0 saturated carbocycles. The monoisotopic (exact) mass is 311 g/mol. The molecule has 1 aromatic heterocycles. The molecule has 1 atom stereocenters. The summed E-state index contributed by atoms with van der Waals surface area (Å²) in [5.41, 5.74) is 0.672. The molecule has 1 aliphatic rings. The largest absolute Gasteiger partial charge is 0.465 e. The molecule has 1 saturated heterocycles. The first-order chi connectivity index (χ1) is 9.85. The van der Waals surface area contributed by atoms with Gasteiger partial charge >= 0.3 is 6.09 Å². The first kappa shape index (κ1) is 15.9. The van der Waals surface area contributed by atoms with Crippen molar-refractivity contribution in [1.29, 1.82) is 0 Å². The van der Waals surface area contributed by atoms with Crippen molar-refractivity contribution in [2.75, 3.05) is 18.0 Å². The summed E-state index contributed by atoms with van der Waals surface area (Å²) in [7, 11) is 0. The zero-order valence-corrected chi connectivity index (χ0v) is 13.2. The van der Waals surface area contributed by atoms with E-state index in [1.807, 2.05) is 19.9 Å². The van der Waals surface area contributed by atoms with E-state index in [0.717, 1.165) is 38.0 Å². The van der Waals surface area contributed by atoms with Crippen LogP contribution in [0.25, 0.3) is 0 Å². The van der Waals surface area contributed by atoms with E-state index < -0.39 is 11.6 Å². The second-order valence-corrected chi connectivity index (χ2v) is 6.70. The number of piperidine rings is 1. The van der Waals surface area contributed by atoms with E-state index in [-0.39, 0.29) is 0 Å². The molecule has 1 amide bonds. The minimum absolute atomic E-state index is 0.405. The molecule has 0 spiro atoms. The lowest BCUT2D eigenvalue weighted by Crippen LogP contribution is -2.46. The van der Waals surface area contributed by atoms with Crippen LogP contribution < -0.4 is 10.2 Å². The Bertz CT molecular complexity index is 490. The van der Waals surface area contributed by atoms with E-state index in [9.17, 15) is 4.79 Å². The Morgan fingerprint density at radius 2 is 2.33 bits per heavy atom. The van der Waals surface area contributed by atoms with Crippen LogP contribution in [0.3, 0.4) is 0 Å². The molecule has 1 aromatic rings. The number of hydrogen-bond donors (Lipinski definition) is 2. The number of rotatable bonds is 4. The summed E-state index contributed by atoms with van der Waals surface area (Å²) in [5, 5.41) is 12.0. The number of aromatic nitrogens is 1. The second kappa shape index (κ2) is 6.52. The maximum absolute atomic E-state index is 10.8. The van der Waals surface area contributed by atoms with Gasteiger partial charge in [0.15, 0.2) is 0 Å². The lowest BCUT2D eigenvalue weighted by Gasteiger charge is -2.38. The standard InChI is InChI=1S/C15H22ClN3O2/c1-15(2,18-14(20)21)8-11-4-3-7-19(10-11)12-5-6-13(16)17-9-12/h5-6,9,11,18H,3-4,7-8,10H2,1-2H3,(H,20,21)/t11-/m0/s1. The van der Waals surface area contributed by atoms with Crippen LogP contribution in [0.5, 0.6) is 0 Å². The van der Waals surface area contributed by atoms with Gasteiger partial charge in [-0.1, -0.05) is 11.6 Å². The summed E-state index contributed by atoms with van der Waals surface area (Å²) >= 11 is 5.82. The zero-order valence-electron chi connectivity index (χ0n) is 12.5. The first-order valence-corrected chi connectivity index (χ1v) is 7.61. The van der Waals surface area contributed by atoms with Gasteiger partial charge in [0.1, 0.15) is 5.15 Å². The maximum Gasteiger partial charge on any atom is 0.405 e. The Morgan fingerprint density at radius 1 is 1.57 bits per heavy atom. The molecule has 6 heteroatoms. The van der Waals surface area contributed by atoms with E-state index >= 15 is 0 Å². The van der Waals surface area contributed by atoms with Gasteiger partial charge in [0.25, 0.3) is 0 Å². The number of anilines is 1. The summed E-state index contributed by atoms with van der Waals surface area (Å²) in [6.45, 7) is 5.80. The van der Waals surface area contributed by atoms with Gasteiger partial charge in [0.05, 0.1) is 11.9 Å². The molecule has 0 aromatic carbocycles. The van der Waals surface area contributed by atoms with Crippen molar-refractivity contribution in [2.45, 2.75) is 38.6 Å². The first-order valence-electron chi connectivity index (χ1n) is 7.23. The molecule has 0 unspecified atom stereocenters. The number of carboxylic acid groups (broad SMARTS) is 1. The molecule has 2 rings (SSSR count). The van der Waals surface area contributed by atoms with Crippen molar-refractivity contribution in [3.63, 3.8) is 0 Å². The number of nitrogens with zero attached hydrogens (tertiary/aromatic N) is 2. The number of amides is 1. The van der Waals surface area contributed by atoms with Crippen molar-refractivity contribution in [1.82, 2.24) is 10.3 Å². The van der Waals surface area contributed by atoms with Crippen LogP contribution in [0.2, 0.25) is 5.15 Å². The van der Waals surface area contributed by atoms with Crippen molar-refractivity contribution < 1.29 is 9.90 Å². The van der Waals surface area contributed by atoms with E-state index in [4.69, 9.17) is 16.7 Å². The average Bonchev–Trinajstić information content (AvgIpc) is 2.37. The van der Waals surface area contributed by atoms with Crippen molar-refractivity contribution in [3.05, 3.63) is 23.5 Å². The minimum Gasteiger partial charge on any atom is -0.465 e. The van der Waals surface area contributed by atoms with Crippen LogP contribution >= 0.6 is 11.6 Å². The smallest absolute Gasteiger partial charge is 0.405 e. The van der Waals surface area contributed by atoms with Gasteiger partial charge in [-0.15, -0.1) is 0 Å². The molecule has 0 aliphatic carbocycles. The lowest BCUT2D eigenvalue weighted by atomic mass is 9.85. The molecule has 1 fully saturated rings. The number of pyridine rings is 1. The van der Waals surface area contributed by atoms with Crippen LogP contribution in [0, 0.1) is 5.92 Å². The number of carbonyl (C=O) groups is 1. The molecule has 2 N–H and O–H groups in total. The predicted octanol–water partition coefficient (Wildman–Crippen LogP) is 3.39. The molecule has 0 bridgehead atoms. The third-order valence-corrected chi connectivity index (χ3v) is 4.06. The lowest BCUT2D eigenvalue weighted by molar-refractivity contribution is 0.174. The van der Waals surface area contributed by atoms with Gasteiger partial charge < -0.3 is 15.3 Å². The van der Waals surface area contributed by atoms with Gasteiger partial charge in [-0.2, -0.15) is 0 Å². The second-order valence-electron chi connectivity index (χ2n) is 6.31. The fourth-order valence-corrected chi connectivity index (χ4v) is 3.20. The number of halogens is 1. The molecule has 1 aliphatic heterocycles. The highest BCUT2D eigenvalue weighted by Gasteiger charge is 2.28. The van der Waals surface area contributed by atoms with Gasteiger partial charge in [-0.25, -0.2) is 9.78 Å². The Labute approximate surface area is 130 Å². The van der Waals surface area contributed by atoms with Gasteiger partial charge in [0, 0.05) is 18.6 Å². The fraction of sp³-hybridized carbons (Fsp3) is 0.600. The highest BCUT2D eigenvalue weighted by molar-refractivity contribution is 6.29. The highest BCUT2D eigenvalue weighted by atomic mass is 35.5. The van der Waals surface area contributed by atoms with E-state index in [0.29, 0.717) is 11.1 Å². The maximum atomic E-state index is 10.8.